The molecule has 0 spiro atoms. The van der Waals surface area contributed by atoms with Gasteiger partial charge in [-0.25, -0.2) is 4.79 Å². The van der Waals surface area contributed by atoms with Crippen molar-refractivity contribution in [2.24, 2.45) is 0 Å². The van der Waals surface area contributed by atoms with Gasteiger partial charge in [-0.2, -0.15) is 0 Å². The van der Waals surface area contributed by atoms with Crippen LogP contribution < -0.4 is 10.6 Å². The molecule has 0 aromatic heterocycles. The first-order valence-corrected chi connectivity index (χ1v) is 8.31. The van der Waals surface area contributed by atoms with Crippen molar-refractivity contribution >= 4 is 11.7 Å². The summed E-state index contributed by atoms with van der Waals surface area (Å²) >= 11 is 0. The molecule has 0 saturated heterocycles. The van der Waals surface area contributed by atoms with Crippen LogP contribution in [0.5, 0.6) is 0 Å². The van der Waals surface area contributed by atoms with Gasteiger partial charge in [-0.05, 0) is 48.8 Å². The van der Waals surface area contributed by atoms with E-state index in [0.717, 1.165) is 17.8 Å². The molecular formula is C20H27N3O. The third-order valence-electron chi connectivity index (χ3n) is 3.75. The summed E-state index contributed by atoms with van der Waals surface area (Å²) in [7, 11) is 4.09. The monoisotopic (exact) mass is 325 g/mol. The van der Waals surface area contributed by atoms with E-state index in [4.69, 9.17) is 0 Å². The predicted molar refractivity (Wildman–Crippen MR) is 100 cm³/mol. The van der Waals surface area contributed by atoms with E-state index < -0.39 is 0 Å². The lowest BCUT2D eigenvalue weighted by Crippen LogP contribution is -2.28. The van der Waals surface area contributed by atoms with Gasteiger partial charge in [0.2, 0.25) is 0 Å². The molecule has 2 amide bonds. The van der Waals surface area contributed by atoms with Crippen LogP contribution in [-0.4, -0.2) is 25.0 Å². The van der Waals surface area contributed by atoms with Gasteiger partial charge in [-0.3, -0.25) is 0 Å². The first-order valence-electron chi connectivity index (χ1n) is 8.31. The molecule has 0 radical (unpaired) electrons. The SMILES string of the molecule is CC(C)c1cccc(NC(=O)NCc2cccc(CN(C)C)c2)c1. The minimum atomic E-state index is -0.186. The zero-order chi connectivity index (χ0) is 17.5. The summed E-state index contributed by atoms with van der Waals surface area (Å²) in [6.45, 7) is 5.68. The second kappa shape index (κ2) is 8.50. The highest BCUT2D eigenvalue weighted by Crippen LogP contribution is 2.18. The number of nitrogens with zero attached hydrogens (tertiary/aromatic N) is 1. The molecule has 128 valence electrons. The number of rotatable bonds is 6. The average Bonchev–Trinajstić information content (AvgIpc) is 2.53. The highest BCUT2D eigenvalue weighted by atomic mass is 16.2. The summed E-state index contributed by atoms with van der Waals surface area (Å²) in [6, 6.07) is 16.1. The number of carbonyl (C=O) groups excluding carboxylic acids is 1. The standard InChI is InChI=1S/C20H27N3O/c1-15(2)18-9-6-10-19(12-18)22-20(24)21-13-16-7-5-8-17(11-16)14-23(3)4/h5-12,15H,13-14H2,1-4H3,(H2,21,22,24). The number of carbonyl (C=O) groups is 1. The van der Waals surface area contributed by atoms with Gasteiger partial charge in [0.25, 0.3) is 0 Å². The summed E-state index contributed by atoms with van der Waals surface area (Å²) in [5.74, 6) is 0.439. The summed E-state index contributed by atoms with van der Waals surface area (Å²) in [5, 5.41) is 5.81. The van der Waals surface area contributed by atoms with E-state index in [9.17, 15) is 4.79 Å². The van der Waals surface area contributed by atoms with Crippen LogP contribution in [0.4, 0.5) is 10.5 Å². The zero-order valence-corrected chi connectivity index (χ0v) is 15.0. The minimum Gasteiger partial charge on any atom is -0.334 e. The van der Waals surface area contributed by atoms with Gasteiger partial charge in [0.15, 0.2) is 0 Å². The van der Waals surface area contributed by atoms with E-state index in [-0.39, 0.29) is 6.03 Å². The lowest BCUT2D eigenvalue weighted by Gasteiger charge is -2.12. The van der Waals surface area contributed by atoms with Crippen LogP contribution in [0.15, 0.2) is 48.5 Å². The van der Waals surface area contributed by atoms with Crippen molar-refractivity contribution in [2.45, 2.75) is 32.9 Å². The molecule has 4 nitrogen and oxygen atoms in total. The Kier molecular flexibility index (Phi) is 6.38. The molecule has 4 heteroatoms. The molecule has 24 heavy (non-hydrogen) atoms. The Morgan fingerprint density at radius 2 is 1.75 bits per heavy atom. The Hall–Kier alpha value is -2.33. The number of hydrogen-bond acceptors (Lipinski definition) is 2. The molecule has 2 aromatic rings. The Balaban J connectivity index is 1.90. The molecule has 0 aliphatic rings. The highest BCUT2D eigenvalue weighted by molar-refractivity contribution is 5.89. The molecule has 0 heterocycles. The summed E-state index contributed by atoms with van der Waals surface area (Å²) < 4.78 is 0. The number of benzene rings is 2. The number of nitrogens with one attached hydrogen (secondary N) is 2. The van der Waals surface area contributed by atoms with Crippen LogP contribution in [0, 0.1) is 0 Å². The van der Waals surface area contributed by atoms with E-state index in [2.05, 4.69) is 47.6 Å². The fourth-order valence-corrected chi connectivity index (χ4v) is 2.54. The third-order valence-corrected chi connectivity index (χ3v) is 3.75. The lowest BCUT2D eigenvalue weighted by atomic mass is 10.0. The van der Waals surface area contributed by atoms with Crippen molar-refractivity contribution < 1.29 is 4.79 Å². The Morgan fingerprint density at radius 1 is 1.04 bits per heavy atom. The molecule has 0 aliphatic carbocycles. The van der Waals surface area contributed by atoms with Gasteiger partial charge in [-0.1, -0.05) is 50.2 Å². The molecule has 0 unspecified atom stereocenters. The van der Waals surface area contributed by atoms with Gasteiger partial charge < -0.3 is 15.5 Å². The molecule has 0 bridgehead atoms. The number of hydrogen-bond donors (Lipinski definition) is 2. The Bertz CT molecular complexity index is 680. The van der Waals surface area contributed by atoms with Crippen LogP contribution in [0.25, 0.3) is 0 Å². The predicted octanol–water partition coefficient (Wildman–Crippen LogP) is 4.19. The maximum atomic E-state index is 12.1. The minimum absolute atomic E-state index is 0.186. The van der Waals surface area contributed by atoms with Crippen molar-refractivity contribution in [1.29, 1.82) is 0 Å². The van der Waals surface area contributed by atoms with E-state index in [1.165, 1.54) is 11.1 Å². The van der Waals surface area contributed by atoms with Gasteiger partial charge in [0, 0.05) is 18.8 Å². The van der Waals surface area contributed by atoms with E-state index in [0.29, 0.717) is 12.5 Å². The van der Waals surface area contributed by atoms with E-state index in [1.54, 1.807) is 0 Å². The second-order valence-electron chi connectivity index (χ2n) is 6.65. The molecular weight excluding hydrogens is 298 g/mol. The number of urea groups is 1. The van der Waals surface area contributed by atoms with Gasteiger partial charge in [0.1, 0.15) is 0 Å². The van der Waals surface area contributed by atoms with Crippen LogP contribution in [-0.2, 0) is 13.1 Å². The van der Waals surface area contributed by atoms with Crippen molar-refractivity contribution in [3.05, 3.63) is 65.2 Å². The number of amides is 2. The normalized spacial score (nSPS) is 10.9. The Morgan fingerprint density at radius 3 is 2.46 bits per heavy atom. The first-order chi connectivity index (χ1) is 11.4. The summed E-state index contributed by atoms with van der Waals surface area (Å²) in [6.07, 6.45) is 0. The second-order valence-corrected chi connectivity index (χ2v) is 6.65. The highest BCUT2D eigenvalue weighted by Gasteiger charge is 2.05. The van der Waals surface area contributed by atoms with Crippen molar-refractivity contribution in [3.8, 4) is 0 Å². The summed E-state index contributed by atoms with van der Waals surface area (Å²) in [5.41, 5.74) is 4.37. The van der Waals surface area contributed by atoms with Crippen LogP contribution in [0.2, 0.25) is 0 Å². The van der Waals surface area contributed by atoms with Crippen molar-refractivity contribution in [3.63, 3.8) is 0 Å². The largest absolute Gasteiger partial charge is 0.334 e. The van der Waals surface area contributed by atoms with E-state index >= 15 is 0 Å². The molecule has 0 aliphatic heterocycles. The van der Waals surface area contributed by atoms with Crippen molar-refractivity contribution in [2.75, 3.05) is 19.4 Å². The molecule has 0 saturated carbocycles. The third kappa shape index (κ3) is 5.70. The van der Waals surface area contributed by atoms with Crippen LogP contribution >= 0.6 is 0 Å². The Labute approximate surface area is 144 Å². The zero-order valence-electron chi connectivity index (χ0n) is 15.0. The lowest BCUT2D eigenvalue weighted by molar-refractivity contribution is 0.251. The van der Waals surface area contributed by atoms with E-state index in [1.807, 2.05) is 44.4 Å². The van der Waals surface area contributed by atoms with Gasteiger partial charge >= 0.3 is 6.03 Å². The molecule has 2 rings (SSSR count). The fraction of sp³-hybridized carbons (Fsp3) is 0.350. The maximum Gasteiger partial charge on any atom is 0.319 e. The van der Waals surface area contributed by atoms with Crippen LogP contribution in [0.3, 0.4) is 0 Å². The van der Waals surface area contributed by atoms with Gasteiger partial charge in [-0.15, -0.1) is 0 Å². The summed E-state index contributed by atoms with van der Waals surface area (Å²) in [4.78, 5) is 14.2. The van der Waals surface area contributed by atoms with Crippen molar-refractivity contribution in [1.82, 2.24) is 10.2 Å². The van der Waals surface area contributed by atoms with Crippen LogP contribution in [0.1, 0.15) is 36.5 Å². The quantitative estimate of drug-likeness (QED) is 0.836. The first kappa shape index (κ1) is 18.0. The fourth-order valence-electron chi connectivity index (χ4n) is 2.54. The number of anilines is 1. The smallest absolute Gasteiger partial charge is 0.319 e. The molecule has 0 atom stereocenters. The molecule has 0 fully saturated rings. The molecule has 2 aromatic carbocycles. The van der Waals surface area contributed by atoms with Gasteiger partial charge in [0.05, 0.1) is 0 Å². The average molecular weight is 325 g/mol. The maximum absolute atomic E-state index is 12.1. The topological polar surface area (TPSA) is 44.4 Å². The molecule has 2 N–H and O–H groups in total.